The number of phenols is 2. The Morgan fingerprint density at radius 1 is 1.31 bits per heavy atom. The van der Waals surface area contributed by atoms with Crippen molar-refractivity contribution in [1.29, 1.82) is 0 Å². The summed E-state index contributed by atoms with van der Waals surface area (Å²) in [6, 6.07) is 1.39. The lowest BCUT2D eigenvalue weighted by Gasteiger charge is -2.08. The van der Waals surface area contributed by atoms with Crippen molar-refractivity contribution < 1.29 is 19.7 Å². The van der Waals surface area contributed by atoms with Crippen LogP contribution in [0, 0.1) is 13.8 Å². The Morgan fingerprint density at radius 2 is 1.92 bits per heavy atom. The standard InChI is InChI=1S/C9H10O4/c1-5-3-7(13-4-10)9(12)6(2)8(5)11/h3-4,11-12H,1-2H3. The van der Waals surface area contributed by atoms with Gasteiger partial charge in [-0.3, -0.25) is 4.79 Å². The number of hydrogen-bond acceptors (Lipinski definition) is 4. The first-order chi connectivity index (χ1) is 6.07. The zero-order chi connectivity index (χ0) is 10.0. The highest BCUT2D eigenvalue weighted by Crippen LogP contribution is 2.37. The second-order valence-electron chi connectivity index (χ2n) is 2.73. The molecule has 1 aromatic rings. The van der Waals surface area contributed by atoms with Crippen LogP contribution in [0.15, 0.2) is 6.07 Å². The molecule has 70 valence electrons. The van der Waals surface area contributed by atoms with E-state index in [1.54, 1.807) is 6.92 Å². The first-order valence-corrected chi connectivity index (χ1v) is 3.70. The Bertz CT molecular complexity index is 344. The van der Waals surface area contributed by atoms with Gasteiger partial charge in [-0.05, 0) is 25.5 Å². The van der Waals surface area contributed by atoms with Crippen molar-refractivity contribution in [1.82, 2.24) is 0 Å². The molecule has 0 saturated carbocycles. The van der Waals surface area contributed by atoms with Gasteiger partial charge in [0.1, 0.15) is 5.75 Å². The predicted molar refractivity (Wildman–Crippen MR) is 45.9 cm³/mol. The van der Waals surface area contributed by atoms with Gasteiger partial charge in [0, 0.05) is 5.56 Å². The Balaban J connectivity index is 3.31. The van der Waals surface area contributed by atoms with Gasteiger partial charge in [0.15, 0.2) is 11.5 Å². The monoisotopic (exact) mass is 182 g/mol. The van der Waals surface area contributed by atoms with Crippen LogP contribution in [0.25, 0.3) is 0 Å². The smallest absolute Gasteiger partial charge is 0.298 e. The van der Waals surface area contributed by atoms with Crippen LogP contribution in [0.5, 0.6) is 17.2 Å². The highest BCUT2D eigenvalue weighted by Gasteiger charge is 2.12. The number of rotatable bonds is 2. The number of ether oxygens (including phenoxy) is 1. The number of hydrogen-bond donors (Lipinski definition) is 2. The van der Waals surface area contributed by atoms with Gasteiger partial charge < -0.3 is 14.9 Å². The van der Waals surface area contributed by atoms with E-state index in [4.69, 9.17) is 0 Å². The van der Waals surface area contributed by atoms with Crippen molar-refractivity contribution >= 4 is 6.47 Å². The molecule has 0 aliphatic rings. The summed E-state index contributed by atoms with van der Waals surface area (Å²) in [5, 5.41) is 18.8. The number of carbonyl (C=O) groups is 1. The second-order valence-corrected chi connectivity index (χ2v) is 2.73. The first-order valence-electron chi connectivity index (χ1n) is 3.70. The molecule has 2 N–H and O–H groups in total. The molecule has 0 atom stereocenters. The summed E-state index contributed by atoms with van der Waals surface area (Å²) in [4.78, 5) is 10.0. The Hall–Kier alpha value is -1.71. The van der Waals surface area contributed by atoms with Gasteiger partial charge in [-0.1, -0.05) is 0 Å². The molecule has 0 aliphatic carbocycles. The van der Waals surface area contributed by atoms with Crippen molar-refractivity contribution in [2.75, 3.05) is 0 Å². The molecule has 13 heavy (non-hydrogen) atoms. The zero-order valence-corrected chi connectivity index (χ0v) is 7.37. The number of phenolic OH excluding ortho intramolecular Hbond substituents is 2. The van der Waals surface area contributed by atoms with Gasteiger partial charge in [-0.25, -0.2) is 0 Å². The molecule has 1 rings (SSSR count). The van der Waals surface area contributed by atoms with E-state index in [0.717, 1.165) is 0 Å². The highest BCUT2D eigenvalue weighted by atomic mass is 16.5. The SMILES string of the molecule is Cc1cc(OC=O)c(O)c(C)c1O. The minimum Gasteiger partial charge on any atom is -0.507 e. The van der Waals surface area contributed by atoms with Crippen molar-refractivity contribution in [3.05, 3.63) is 17.2 Å². The molecule has 0 fully saturated rings. The number of aryl methyl sites for hydroxylation is 1. The van der Waals surface area contributed by atoms with Crippen LogP contribution >= 0.6 is 0 Å². The van der Waals surface area contributed by atoms with E-state index in [1.165, 1.54) is 13.0 Å². The zero-order valence-electron chi connectivity index (χ0n) is 7.37. The number of benzene rings is 1. The summed E-state index contributed by atoms with van der Waals surface area (Å²) in [6.07, 6.45) is 0. The average molecular weight is 182 g/mol. The fourth-order valence-electron chi connectivity index (χ4n) is 1.07. The Labute approximate surface area is 75.4 Å². The first kappa shape index (κ1) is 9.38. The summed E-state index contributed by atoms with van der Waals surface area (Å²) in [5.41, 5.74) is 0.851. The van der Waals surface area contributed by atoms with E-state index in [2.05, 4.69) is 4.74 Å². The summed E-state index contributed by atoms with van der Waals surface area (Å²) < 4.78 is 4.51. The van der Waals surface area contributed by atoms with E-state index in [-0.39, 0.29) is 23.7 Å². The van der Waals surface area contributed by atoms with Gasteiger partial charge in [0.2, 0.25) is 0 Å². The molecule has 0 radical (unpaired) electrons. The van der Waals surface area contributed by atoms with E-state index >= 15 is 0 Å². The minimum absolute atomic E-state index is 0.00995. The number of carbonyl (C=O) groups excluding carboxylic acids is 1. The predicted octanol–water partition coefficient (Wildman–Crippen LogP) is 1.25. The van der Waals surface area contributed by atoms with E-state index < -0.39 is 0 Å². The van der Waals surface area contributed by atoms with Crippen LogP contribution in [-0.2, 0) is 4.79 Å². The van der Waals surface area contributed by atoms with E-state index in [0.29, 0.717) is 11.1 Å². The van der Waals surface area contributed by atoms with Gasteiger partial charge in [-0.15, -0.1) is 0 Å². The van der Waals surface area contributed by atoms with Crippen molar-refractivity contribution in [2.24, 2.45) is 0 Å². The summed E-state index contributed by atoms with van der Waals surface area (Å²) in [6.45, 7) is 3.42. The van der Waals surface area contributed by atoms with E-state index in [1.807, 2.05) is 0 Å². The molecule has 0 unspecified atom stereocenters. The van der Waals surface area contributed by atoms with Gasteiger partial charge >= 0.3 is 0 Å². The normalized spacial score (nSPS) is 9.69. The quantitative estimate of drug-likeness (QED) is 0.675. The molecule has 1 aromatic carbocycles. The minimum atomic E-state index is -0.213. The fraction of sp³-hybridized carbons (Fsp3) is 0.222. The molecule has 4 heteroatoms. The lowest BCUT2D eigenvalue weighted by Crippen LogP contribution is -1.92. The second kappa shape index (κ2) is 3.35. The molecule has 0 heterocycles. The van der Waals surface area contributed by atoms with Crippen LogP contribution in [-0.4, -0.2) is 16.7 Å². The summed E-state index contributed by atoms with van der Waals surface area (Å²) >= 11 is 0. The topological polar surface area (TPSA) is 66.8 Å². The van der Waals surface area contributed by atoms with Crippen LogP contribution in [0.3, 0.4) is 0 Å². The Kier molecular flexibility index (Phi) is 2.41. The van der Waals surface area contributed by atoms with Crippen LogP contribution < -0.4 is 4.74 Å². The fourth-order valence-corrected chi connectivity index (χ4v) is 1.07. The Morgan fingerprint density at radius 3 is 2.46 bits per heavy atom. The van der Waals surface area contributed by atoms with Gasteiger partial charge in [0.25, 0.3) is 6.47 Å². The maximum atomic E-state index is 10.0. The largest absolute Gasteiger partial charge is 0.507 e. The number of aromatic hydroxyl groups is 2. The van der Waals surface area contributed by atoms with Crippen LogP contribution in [0.2, 0.25) is 0 Å². The summed E-state index contributed by atoms with van der Waals surface area (Å²) in [5.74, 6) is -0.145. The molecule has 0 bridgehead atoms. The maximum Gasteiger partial charge on any atom is 0.298 e. The van der Waals surface area contributed by atoms with Crippen LogP contribution in [0.4, 0.5) is 0 Å². The maximum absolute atomic E-state index is 10.0. The third-order valence-corrected chi connectivity index (χ3v) is 1.84. The van der Waals surface area contributed by atoms with E-state index in [9.17, 15) is 15.0 Å². The lowest BCUT2D eigenvalue weighted by molar-refractivity contribution is -0.120. The molecule has 0 aliphatic heterocycles. The molecular weight excluding hydrogens is 172 g/mol. The molecule has 0 saturated heterocycles. The third-order valence-electron chi connectivity index (χ3n) is 1.84. The van der Waals surface area contributed by atoms with Crippen molar-refractivity contribution in [2.45, 2.75) is 13.8 Å². The van der Waals surface area contributed by atoms with Crippen LogP contribution in [0.1, 0.15) is 11.1 Å². The lowest BCUT2D eigenvalue weighted by atomic mass is 10.1. The summed E-state index contributed by atoms with van der Waals surface area (Å²) in [7, 11) is 0. The molecule has 4 nitrogen and oxygen atoms in total. The molecule has 0 amide bonds. The van der Waals surface area contributed by atoms with Crippen molar-refractivity contribution in [3.63, 3.8) is 0 Å². The molecule has 0 spiro atoms. The van der Waals surface area contributed by atoms with Crippen molar-refractivity contribution in [3.8, 4) is 17.2 Å². The van der Waals surface area contributed by atoms with Gasteiger partial charge in [0.05, 0.1) is 0 Å². The molecular formula is C9H10O4. The highest BCUT2D eigenvalue weighted by molar-refractivity contribution is 5.59. The third kappa shape index (κ3) is 1.56. The molecule has 0 aromatic heterocycles. The average Bonchev–Trinajstić information content (AvgIpc) is 2.11. The van der Waals surface area contributed by atoms with Gasteiger partial charge in [-0.2, -0.15) is 0 Å².